The molecule has 0 spiro atoms. The Kier molecular flexibility index (Phi) is 3.40. The Labute approximate surface area is 110 Å². The number of aromatic nitrogens is 3. The van der Waals surface area contributed by atoms with Gasteiger partial charge in [0.05, 0.1) is 35.7 Å². The first-order valence-corrected chi connectivity index (χ1v) is 6.93. The molecule has 2 aromatic heterocycles. The summed E-state index contributed by atoms with van der Waals surface area (Å²) in [7, 11) is 0. The third-order valence-electron chi connectivity index (χ3n) is 3.15. The van der Waals surface area contributed by atoms with Gasteiger partial charge >= 0.3 is 0 Å². The van der Waals surface area contributed by atoms with Crippen molar-refractivity contribution < 1.29 is 4.74 Å². The van der Waals surface area contributed by atoms with E-state index < -0.39 is 0 Å². The summed E-state index contributed by atoms with van der Waals surface area (Å²) >= 11 is 1.70. The van der Waals surface area contributed by atoms with E-state index in [1.165, 1.54) is 0 Å². The summed E-state index contributed by atoms with van der Waals surface area (Å²) < 4.78 is 5.57. The maximum Gasteiger partial charge on any atom is 0.0897 e. The fourth-order valence-electron chi connectivity index (χ4n) is 2.25. The van der Waals surface area contributed by atoms with E-state index in [1.807, 2.05) is 13.0 Å². The second-order valence-electron chi connectivity index (χ2n) is 4.43. The highest BCUT2D eigenvalue weighted by Gasteiger charge is 2.26. The number of hydrogen-bond donors (Lipinski definition) is 1. The zero-order valence-electron chi connectivity index (χ0n) is 10.3. The molecule has 0 saturated carbocycles. The van der Waals surface area contributed by atoms with Crippen molar-refractivity contribution in [3.05, 3.63) is 34.0 Å². The summed E-state index contributed by atoms with van der Waals surface area (Å²) in [6, 6.07) is 2.27. The van der Waals surface area contributed by atoms with Gasteiger partial charge in [0, 0.05) is 24.7 Å². The van der Waals surface area contributed by atoms with Crippen LogP contribution in [0.3, 0.4) is 0 Å². The van der Waals surface area contributed by atoms with Gasteiger partial charge in [0.2, 0.25) is 0 Å². The molecule has 1 aliphatic heterocycles. The Morgan fingerprint density at radius 2 is 2.56 bits per heavy atom. The van der Waals surface area contributed by atoms with Gasteiger partial charge in [-0.15, -0.1) is 11.3 Å². The molecule has 1 unspecified atom stereocenters. The molecule has 1 fully saturated rings. The second kappa shape index (κ2) is 5.17. The molecule has 3 heterocycles. The lowest BCUT2D eigenvalue weighted by Gasteiger charge is -2.34. The van der Waals surface area contributed by atoms with Crippen LogP contribution in [0.2, 0.25) is 0 Å². The van der Waals surface area contributed by atoms with E-state index in [1.54, 1.807) is 17.5 Å². The molecule has 5 nitrogen and oxygen atoms in total. The van der Waals surface area contributed by atoms with Crippen molar-refractivity contribution in [3.8, 4) is 0 Å². The summed E-state index contributed by atoms with van der Waals surface area (Å²) in [5, 5.41) is 10.3. The molecule has 0 bridgehead atoms. The van der Waals surface area contributed by atoms with Crippen molar-refractivity contribution in [3.63, 3.8) is 0 Å². The maximum absolute atomic E-state index is 5.57. The average molecular weight is 264 g/mol. The van der Waals surface area contributed by atoms with Crippen molar-refractivity contribution in [2.45, 2.75) is 19.5 Å². The van der Waals surface area contributed by atoms with Gasteiger partial charge in [0.15, 0.2) is 0 Å². The molecule has 1 atom stereocenters. The fraction of sp³-hybridized carbons (Fsp3) is 0.500. The van der Waals surface area contributed by atoms with E-state index in [9.17, 15) is 0 Å². The molecule has 1 N–H and O–H groups in total. The lowest BCUT2D eigenvalue weighted by atomic mass is 10.1. The molecule has 0 radical (unpaired) electrons. The number of morpholine rings is 1. The van der Waals surface area contributed by atoms with Crippen LogP contribution in [-0.4, -0.2) is 39.8 Å². The van der Waals surface area contributed by atoms with E-state index in [0.29, 0.717) is 6.61 Å². The smallest absolute Gasteiger partial charge is 0.0897 e. The number of aryl methyl sites for hydroxylation is 1. The fourth-order valence-corrected chi connectivity index (χ4v) is 2.86. The molecule has 18 heavy (non-hydrogen) atoms. The van der Waals surface area contributed by atoms with Crippen LogP contribution >= 0.6 is 11.3 Å². The maximum atomic E-state index is 5.57. The van der Waals surface area contributed by atoms with Gasteiger partial charge in [-0.05, 0) is 13.0 Å². The van der Waals surface area contributed by atoms with E-state index in [4.69, 9.17) is 4.74 Å². The quantitative estimate of drug-likeness (QED) is 0.917. The summed E-state index contributed by atoms with van der Waals surface area (Å²) in [6.07, 6.45) is 1.79. The molecule has 1 saturated heterocycles. The number of rotatable bonds is 3. The SMILES string of the molecule is Cc1nc(CN2CCOCC2c2ccn[nH]2)cs1. The van der Waals surface area contributed by atoms with Gasteiger partial charge in [-0.2, -0.15) is 5.10 Å². The molecule has 1 aliphatic rings. The number of aromatic amines is 1. The molecule has 0 aromatic carbocycles. The van der Waals surface area contributed by atoms with Gasteiger partial charge in [-0.1, -0.05) is 0 Å². The number of ether oxygens (including phenoxy) is 1. The highest BCUT2D eigenvalue weighted by molar-refractivity contribution is 7.09. The lowest BCUT2D eigenvalue weighted by molar-refractivity contribution is -0.0147. The first-order valence-electron chi connectivity index (χ1n) is 6.05. The Morgan fingerprint density at radius 1 is 1.61 bits per heavy atom. The monoisotopic (exact) mass is 264 g/mol. The molecular weight excluding hydrogens is 248 g/mol. The minimum absolute atomic E-state index is 0.253. The average Bonchev–Trinajstić information content (AvgIpc) is 3.02. The van der Waals surface area contributed by atoms with E-state index >= 15 is 0 Å². The van der Waals surface area contributed by atoms with Crippen LogP contribution in [0.4, 0.5) is 0 Å². The highest BCUT2D eigenvalue weighted by atomic mass is 32.1. The van der Waals surface area contributed by atoms with Crippen LogP contribution in [0.1, 0.15) is 22.4 Å². The number of hydrogen-bond acceptors (Lipinski definition) is 5. The summed E-state index contributed by atoms with van der Waals surface area (Å²) in [6.45, 7) is 5.34. The van der Waals surface area contributed by atoms with Crippen molar-refractivity contribution >= 4 is 11.3 Å². The van der Waals surface area contributed by atoms with Gasteiger partial charge in [-0.25, -0.2) is 4.98 Å². The zero-order chi connectivity index (χ0) is 12.4. The van der Waals surface area contributed by atoms with E-state index in [2.05, 4.69) is 25.5 Å². The Balaban J connectivity index is 1.76. The normalized spacial score (nSPS) is 21.3. The van der Waals surface area contributed by atoms with Crippen LogP contribution in [0.25, 0.3) is 0 Å². The van der Waals surface area contributed by atoms with Gasteiger partial charge < -0.3 is 4.74 Å². The van der Waals surface area contributed by atoms with Gasteiger partial charge in [0.25, 0.3) is 0 Å². The molecular formula is C12H16N4OS. The first kappa shape index (κ1) is 11.8. The third-order valence-corrected chi connectivity index (χ3v) is 3.97. The minimum atomic E-state index is 0.253. The summed E-state index contributed by atoms with van der Waals surface area (Å²) in [5.74, 6) is 0. The van der Waals surface area contributed by atoms with Crippen LogP contribution in [0.5, 0.6) is 0 Å². The highest BCUT2D eigenvalue weighted by Crippen LogP contribution is 2.24. The molecule has 3 rings (SSSR count). The summed E-state index contributed by atoms with van der Waals surface area (Å²) in [4.78, 5) is 6.93. The predicted molar refractivity (Wildman–Crippen MR) is 69.4 cm³/mol. The Hall–Kier alpha value is -1.24. The molecule has 0 aliphatic carbocycles. The molecule has 0 amide bonds. The Bertz CT molecular complexity index is 496. The van der Waals surface area contributed by atoms with Gasteiger partial charge in [-0.3, -0.25) is 10.00 Å². The Morgan fingerprint density at radius 3 is 3.28 bits per heavy atom. The van der Waals surface area contributed by atoms with Crippen LogP contribution in [0, 0.1) is 6.92 Å². The van der Waals surface area contributed by atoms with Crippen molar-refractivity contribution in [2.24, 2.45) is 0 Å². The van der Waals surface area contributed by atoms with Crippen molar-refractivity contribution in [2.75, 3.05) is 19.8 Å². The molecule has 96 valence electrons. The zero-order valence-corrected chi connectivity index (χ0v) is 11.1. The van der Waals surface area contributed by atoms with Gasteiger partial charge in [0.1, 0.15) is 0 Å². The number of H-pyrrole nitrogens is 1. The van der Waals surface area contributed by atoms with Crippen LogP contribution < -0.4 is 0 Å². The number of nitrogens with zero attached hydrogens (tertiary/aromatic N) is 3. The van der Waals surface area contributed by atoms with E-state index in [0.717, 1.165) is 36.1 Å². The number of nitrogens with one attached hydrogen (secondary N) is 1. The largest absolute Gasteiger partial charge is 0.378 e. The van der Waals surface area contributed by atoms with Crippen LogP contribution in [-0.2, 0) is 11.3 Å². The molecule has 6 heteroatoms. The second-order valence-corrected chi connectivity index (χ2v) is 5.49. The van der Waals surface area contributed by atoms with Crippen LogP contribution in [0.15, 0.2) is 17.6 Å². The topological polar surface area (TPSA) is 54.0 Å². The van der Waals surface area contributed by atoms with Crippen molar-refractivity contribution in [1.29, 1.82) is 0 Å². The minimum Gasteiger partial charge on any atom is -0.378 e. The predicted octanol–water partition coefficient (Wildman–Crippen LogP) is 1.75. The third kappa shape index (κ3) is 2.45. The standard InChI is InChI=1S/C12H16N4OS/c1-9-14-10(8-18-9)6-16-4-5-17-7-12(16)11-2-3-13-15-11/h2-3,8,12H,4-7H2,1H3,(H,13,15). The summed E-state index contributed by atoms with van der Waals surface area (Å²) in [5.41, 5.74) is 2.26. The number of thiazole rings is 1. The molecule has 2 aromatic rings. The van der Waals surface area contributed by atoms with Crippen molar-refractivity contribution in [1.82, 2.24) is 20.1 Å². The lowest BCUT2D eigenvalue weighted by Crippen LogP contribution is -2.39. The first-order chi connectivity index (χ1) is 8.83. The van der Waals surface area contributed by atoms with E-state index in [-0.39, 0.29) is 6.04 Å².